The molecule has 0 fully saturated rings. The summed E-state index contributed by atoms with van der Waals surface area (Å²) in [6.07, 6.45) is 0.116. The predicted octanol–water partition coefficient (Wildman–Crippen LogP) is 3.92. The fourth-order valence-electron chi connectivity index (χ4n) is 1.63. The summed E-state index contributed by atoms with van der Waals surface area (Å²) in [7, 11) is 0. The molecule has 1 radical (unpaired) electrons. The fraction of sp³-hybridized carbons (Fsp3) is 0.125. The molecule has 2 aromatic rings. The van der Waals surface area contributed by atoms with E-state index in [9.17, 15) is 8.78 Å². The van der Waals surface area contributed by atoms with Gasteiger partial charge in [-0.05, 0) is 17.7 Å². The van der Waals surface area contributed by atoms with Crippen LogP contribution in [0.5, 0.6) is 0 Å². The van der Waals surface area contributed by atoms with E-state index in [0.717, 1.165) is 5.56 Å². The minimum atomic E-state index is -2.49. The van der Waals surface area contributed by atoms with Gasteiger partial charge in [-0.1, -0.05) is 41.6 Å². The normalized spacial score (nSPS) is 10.8. The van der Waals surface area contributed by atoms with Crippen LogP contribution >= 0.6 is 0 Å². The molecule has 0 aliphatic heterocycles. The number of alkyl halides is 2. The second-order valence-corrected chi connectivity index (χ2v) is 4.21. The van der Waals surface area contributed by atoms with Gasteiger partial charge >= 0.3 is 0 Å². The van der Waals surface area contributed by atoms with E-state index < -0.39 is 6.43 Å². The van der Waals surface area contributed by atoms with Gasteiger partial charge in [0.05, 0.1) is 11.6 Å². The van der Waals surface area contributed by atoms with Gasteiger partial charge in [0.1, 0.15) is 12.8 Å². The maximum atomic E-state index is 12.4. The summed E-state index contributed by atoms with van der Waals surface area (Å²) in [6, 6.07) is 14.6. The van der Waals surface area contributed by atoms with Gasteiger partial charge in [-0.15, -0.1) is 0 Å². The van der Waals surface area contributed by atoms with Crippen molar-refractivity contribution in [2.24, 2.45) is 5.16 Å². The third kappa shape index (κ3) is 4.39. The molecule has 0 atom stereocenters. The first-order valence-corrected chi connectivity index (χ1v) is 6.14. The van der Waals surface area contributed by atoms with Crippen LogP contribution in [-0.2, 0) is 11.4 Å². The molecule has 0 N–H and O–H groups in total. The van der Waals surface area contributed by atoms with E-state index >= 15 is 0 Å². The number of hydrogen-bond acceptors (Lipinski definition) is 3. The van der Waals surface area contributed by atoms with Gasteiger partial charge < -0.3 is 4.84 Å². The molecule has 21 heavy (non-hydrogen) atoms. The first-order valence-electron chi connectivity index (χ1n) is 6.14. The van der Waals surface area contributed by atoms with Gasteiger partial charge in [0.25, 0.3) is 6.43 Å². The molecule has 0 aromatic heterocycles. The Morgan fingerprint density at radius 1 is 1.10 bits per heavy atom. The summed E-state index contributed by atoms with van der Waals surface area (Å²) in [5.74, 6) is 0. The zero-order valence-electron chi connectivity index (χ0n) is 11.0. The molecule has 3 nitrogen and oxygen atoms in total. The number of benzene rings is 2. The third-order valence-electron chi connectivity index (χ3n) is 2.69. The number of halogens is 2. The van der Waals surface area contributed by atoms with Crippen LogP contribution in [-0.4, -0.2) is 6.21 Å². The minimum absolute atomic E-state index is 0.0465. The van der Waals surface area contributed by atoms with Gasteiger partial charge in [0.2, 0.25) is 0 Å². The Labute approximate surface area is 121 Å². The lowest BCUT2D eigenvalue weighted by molar-refractivity contribution is 0.132. The average Bonchev–Trinajstić information content (AvgIpc) is 2.52. The molecule has 0 heterocycles. The average molecular weight is 285 g/mol. The van der Waals surface area contributed by atoms with Crippen molar-refractivity contribution >= 4 is 6.21 Å². The second-order valence-electron chi connectivity index (χ2n) is 4.21. The van der Waals surface area contributed by atoms with Crippen molar-refractivity contribution in [3.63, 3.8) is 0 Å². The Hall–Kier alpha value is -2.74. The van der Waals surface area contributed by atoms with Crippen LogP contribution in [0.25, 0.3) is 0 Å². The van der Waals surface area contributed by atoms with E-state index in [2.05, 4.69) is 11.4 Å². The molecular weight excluding hydrogens is 274 g/mol. The summed E-state index contributed by atoms with van der Waals surface area (Å²) >= 11 is 0. The summed E-state index contributed by atoms with van der Waals surface area (Å²) in [5, 5.41) is 12.4. The van der Waals surface area contributed by atoms with Crippen molar-refractivity contribution in [3.05, 3.63) is 70.8 Å². The zero-order valence-corrected chi connectivity index (χ0v) is 11.0. The highest BCUT2D eigenvalue weighted by atomic mass is 19.3. The van der Waals surface area contributed by atoms with Gasteiger partial charge in [0.15, 0.2) is 0 Å². The predicted molar refractivity (Wildman–Crippen MR) is 73.9 cm³/mol. The molecule has 2 rings (SSSR count). The van der Waals surface area contributed by atoms with Crippen LogP contribution in [0.1, 0.15) is 28.7 Å². The van der Waals surface area contributed by atoms with Gasteiger partial charge in [-0.25, -0.2) is 8.78 Å². The molecule has 2 aromatic carbocycles. The highest BCUT2D eigenvalue weighted by Gasteiger charge is 2.05. The highest BCUT2D eigenvalue weighted by Crippen LogP contribution is 2.18. The summed E-state index contributed by atoms with van der Waals surface area (Å²) in [5.41, 5.74) is 1.86. The van der Waals surface area contributed by atoms with E-state index in [0.29, 0.717) is 11.1 Å². The first kappa shape index (κ1) is 14.7. The van der Waals surface area contributed by atoms with Crippen molar-refractivity contribution in [2.75, 3.05) is 0 Å². The Kier molecular flexibility index (Phi) is 4.99. The van der Waals surface area contributed by atoms with Crippen LogP contribution in [0.4, 0.5) is 8.78 Å². The van der Waals surface area contributed by atoms with Gasteiger partial charge in [0, 0.05) is 11.1 Å². The first-order chi connectivity index (χ1) is 10.2. The van der Waals surface area contributed by atoms with Crippen LogP contribution in [0.3, 0.4) is 0 Å². The molecule has 0 bridgehead atoms. The maximum Gasteiger partial charge on any atom is 0.263 e. The molecule has 105 valence electrons. The number of nitriles is 1. The Bertz CT molecular complexity index is 661. The fourth-order valence-corrected chi connectivity index (χ4v) is 1.63. The Balaban J connectivity index is 1.89. The van der Waals surface area contributed by atoms with E-state index in [1.54, 1.807) is 18.2 Å². The highest BCUT2D eigenvalue weighted by molar-refractivity contribution is 5.79. The topological polar surface area (TPSA) is 45.4 Å². The molecule has 0 saturated carbocycles. The van der Waals surface area contributed by atoms with Gasteiger partial charge in [-0.3, -0.25) is 0 Å². The number of nitrogens with zero attached hydrogens (tertiary/aromatic N) is 2. The van der Waals surface area contributed by atoms with E-state index in [4.69, 9.17) is 10.1 Å². The van der Waals surface area contributed by atoms with Crippen LogP contribution < -0.4 is 0 Å². The Morgan fingerprint density at radius 2 is 1.86 bits per heavy atom. The van der Waals surface area contributed by atoms with Crippen molar-refractivity contribution in [1.82, 2.24) is 0 Å². The van der Waals surface area contributed by atoms with Crippen LogP contribution in [0.15, 0.2) is 53.7 Å². The minimum Gasteiger partial charge on any atom is -0.390 e. The van der Waals surface area contributed by atoms with E-state index in [-0.39, 0.29) is 12.2 Å². The van der Waals surface area contributed by atoms with Crippen LogP contribution in [0.2, 0.25) is 0 Å². The lowest BCUT2D eigenvalue weighted by atomic mass is 10.1. The molecule has 0 aliphatic rings. The van der Waals surface area contributed by atoms with E-state index in [1.807, 2.05) is 12.1 Å². The molecule has 0 amide bonds. The standard InChI is InChI=1S/C16H11F2N2O/c17-16(18)15-6-4-12(5-7-15)10-20-21-11-14-3-1-2-13(8-14)9-19/h1-8,16H,11H2. The number of rotatable bonds is 5. The SMILES string of the molecule is N#Cc1cccc(CO/N=[C]\c2ccc(C(F)F)cc2)c1. The molecule has 0 spiro atoms. The smallest absolute Gasteiger partial charge is 0.263 e. The van der Waals surface area contributed by atoms with Crippen LogP contribution in [0, 0.1) is 11.3 Å². The van der Waals surface area contributed by atoms with E-state index in [1.165, 1.54) is 24.3 Å². The summed E-state index contributed by atoms with van der Waals surface area (Å²) in [6.45, 7) is 0.206. The molecular formula is C16H11F2N2O. The largest absolute Gasteiger partial charge is 0.390 e. The maximum absolute atomic E-state index is 12.4. The van der Waals surface area contributed by atoms with Crippen molar-refractivity contribution in [2.45, 2.75) is 13.0 Å². The lowest BCUT2D eigenvalue weighted by Gasteiger charge is -2.00. The Morgan fingerprint density at radius 3 is 2.52 bits per heavy atom. The quantitative estimate of drug-likeness (QED) is 0.617. The monoisotopic (exact) mass is 285 g/mol. The molecule has 0 saturated heterocycles. The van der Waals surface area contributed by atoms with Crippen molar-refractivity contribution in [3.8, 4) is 6.07 Å². The third-order valence-corrected chi connectivity index (χ3v) is 2.69. The summed E-state index contributed by atoms with van der Waals surface area (Å²) < 4.78 is 24.7. The summed E-state index contributed by atoms with van der Waals surface area (Å²) in [4.78, 5) is 5.06. The van der Waals surface area contributed by atoms with Crippen molar-refractivity contribution < 1.29 is 13.6 Å². The molecule has 5 heteroatoms. The molecule has 0 unspecified atom stereocenters. The van der Waals surface area contributed by atoms with Crippen molar-refractivity contribution in [1.29, 1.82) is 5.26 Å². The lowest BCUT2D eigenvalue weighted by Crippen LogP contribution is -1.90. The number of hydrogen-bond donors (Lipinski definition) is 0. The zero-order chi connectivity index (χ0) is 15.1. The molecule has 0 aliphatic carbocycles. The van der Waals surface area contributed by atoms with Gasteiger partial charge in [-0.2, -0.15) is 5.26 Å². The second kappa shape index (κ2) is 7.15.